The van der Waals surface area contributed by atoms with E-state index in [-0.39, 0.29) is 5.60 Å². The van der Waals surface area contributed by atoms with E-state index in [1.54, 1.807) is 0 Å². The number of aryl methyl sites for hydroxylation is 1. The van der Waals surface area contributed by atoms with Crippen molar-refractivity contribution in [2.75, 3.05) is 11.9 Å². The number of benzene rings is 1. The third-order valence-electron chi connectivity index (χ3n) is 4.09. The summed E-state index contributed by atoms with van der Waals surface area (Å²) in [5.41, 5.74) is 2.52. The molecule has 0 amide bonds. The predicted octanol–water partition coefficient (Wildman–Crippen LogP) is 4.94. The molecule has 1 aromatic carbocycles. The highest BCUT2D eigenvalue weighted by molar-refractivity contribution is 5.56. The molecule has 1 aliphatic carbocycles. The van der Waals surface area contributed by atoms with Crippen LogP contribution in [0.15, 0.2) is 18.2 Å². The second kappa shape index (κ2) is 6.07. The van der Waals surface area contributed by atoms with Crippen LogP contribution < -0.4 is 9.64 Å². The molecular weight excluding hydrogens is 246 g/mol. The van der Waals surface area contributed by atoms with Crippen molar-refractivity contribution in [3.05, 3.63) is 23.8 Å². The lowest BCUT2D eigenvalue weighted by Crippen LogP contribution is -2.33. The van der Waals surface area contributed by atoms with Crippen LogP contribution in [0.3, 0.4) is 0 Å². The van der Waals surface area contributed by atoms with Crippen molar-refractivity contribution < 1.29 is 4.74 Å². The number of hydrogen-bond acceptors (Lipinski definition) is 2. The Balaban J connectivity index is 2.12. The highest BCUT2D eigenvalue weighted by Gasteiger charge is 2.20. The first-order chi connectivity index (χ1) is 9.37. The molecule has 1 aromatic rings. The van der Waals surface area contributed by atoms with E-state index in [4.69, 9.17) is 4.74 Å². The van der Waals surface area contributed by atoms with E-state index in [0.717, 1.165) is 5.75 Å². The Bertz CT molecular complexity index is 441. The van der Waals surface area contributed by atoms with Gasteiger partial charge in [-0.25, -0.2) is 0 Å². The summed E-state index contributed by atoms with van der Waals surface area (Å²) in [6.07, 6.45) is 6.81. The van der Waals surface area contributed by atoms with E-state index in [0.29, 0.717) is 6.04 Å². The molecule has 0 N–H and O–H groups in total. The van der Waals surface area contributed by atoms with E-state index < -0.39 is 0 Å². The van der Waals surface area contributed by atoms with E-state index >= 15 is 0 Å². The van der Waals surface area contributed by atoms with Gasteiger partial charge in [-0.15, -0.1) is 0 Å². The molecule has 0 unspecified atom stereocenters. The average Bonchev–Trinajstić information content (AvgIpc) is 2.37. The van der Waals surface area contributed by atoms with Crippen molar-refractivity contribution in [3.8, 4) is 5.75 Å². The standard InChI is InChI=1S/C18H29NO/c1-14-13-16(20-18(2,3)4)11-12-17(14)19(5)15-9-7-6-8-10-15/h11-13,15H,6-10H2,1-5H3. The molecule has 1 aliphatic rings. The van der Waals surface area contributed by atoms with Crippen molar-refractivity contribution in [2.24, 2.45) is 0 Å². The lowest BCUT2D eigenvalue weighted by molar-refractivity contribution is 0.131. The smallest absolute Gasteiger partial charge is 0.120 e. The van der Waals surface area contributed by atoms with Gasteiger partial charge in [0, 0.05) is 18.8 Å². The molecule has 0 aromatic heterocycles. The van der Waals surface area contributed by atoms with Gasteiger partial charge in [-0.2, -0.15) is 0 Å². The first-order valence-corrected chi connectivity index (χ1v) is 7.89. The maximum absolute atomic E-state index is 5.94. The Morgan fingerprint density at radius 1 is 1.10 bits per heavy atom. The van der Waals surface area contributed by atoms with Gasteiger partial charge in [0.15, 0.2) is 0 Å². The van der Waals surface area contributed by atoms with Gasteiger partial charge in [-0.05, 0) is 64.3 Å². The molecule has 2 rings (SSSR count). The van der Waals surface area contributed by atoms with Gasteiger partial charge in [-0.3, -0.25) is 0 Å². The summed E-state index contributed by atoms with van der Waals surface area (Å²) in [5.74, 6) is 0.968. The average molecular weight is 275 g/mol. The molecule has 0 bridgehead atoms. The van der Waals surface area contributed by atoms with Crippen LogP contribution in [0.5, 0.6) is 5.75 Å². The van der Waals surface area contributed by atoms with Crippen molar-refractivity contribution in [3.63, 3.8) is 0 Å². The lowest BCUT2D eigenvalue weighted by atomic mass is 9.94. The predicted molar refractivity (Wildman–Crippen MR) is 86.8 cm³/mol. The minimum Gasteiger partial charge on any atom is -0.488 e. The highest BCUT2D eigenvalue weighted by atomic mass is 16.5. The van der Waals surface area contributed by atoms with Crippen molar-refractivity contribution in [1.29, 1.82) is 0 Å². The maximum Gasteiger partial charge on any atom is 0.120 e. The van der Waals surface area contributed by atoms with Crippen LogP contribution in [0.4, 0.5) is 5.69 Å². The van der Waals surface area contributed by atoms with Gasteiger partial charge in [0.25, 0.3) is 0 Å². The molecule has 20 heavy (non-hydrogen) atoms. The molecule has 112 valence electrons. The van der Waals surface area contributed by atoms with Crippen LogP contribution in [0.2, 0.25) is 0 Å². The fourth-order valence-electron chi connectivity index (χ4n) is 3.11. The zero-order valence-corrected chi connectivity index (χ0v) is 13.7. The molecule has 1 saturated carbocycles. The fourth-order valence-corrected chi connectivity index (χ4v) is 3.11. The molecule has 0 spiro atoms. The summed E-state index contributed by atoms with van der Waals surface area (Å²) in [6, 6.07) is 7.19. The normalized spacial score (nSPS) is 17.1. The van der Waals surface area contributed by atoms with Crippen LogP contribution >= 0.6 is 0 Å². The fraction of sp³-hybridized carbons (Fsp3) is 0.667. The second-order valence-corrected chi connectivity index (χ2v) is 7.07. The monoisotopic (exact) mass is 275 g/mol. The first-order valence-electron chi connectivity index (χ1n) is 7.89. The largest absolute Gasteiger partial charge is 0.488 e. The Kier molecular flexibility index (Phi) is 4.62. The topological polar surface area (TPSA) is 12.5 Å². The van der Waals surface area contributed by atoms with Crippen LogP contribution in [-0.2, 0) is 0 Å². The summed E-state index contributed by atoms with van der Waals surface area (Å²) in [6.45, 7) is 8.45. The van der Waals surface area contributed by atoms with Gasteiger partial charge in [0.1, 0.15) is 11.4 Å². The van der Waals surface area contributed by atoms with Gasteiger partial charge in [-0.1, -0.05) is 19.3 Å². The SMILES string of the molecule is Cc1cc(OC(C)(C)C)ccc1N(C)C1CCCCC1. The molecule has 0 atom stereocenters. The Morgan fingerprint density at radius 3 is 2.30 bits per heavy atom. The number of hydrogen-bond donors (Lipinski definition) is 0. The Morgan fingerprint density at radius 2 is 1.75 bits per heavy atom. The van der Waals surface area contributed by atoms with E-state index in [2.05, 4.69) is 57.8 Å². The number of nitrogens with zero attached hydrogens (tertiary/aromatic N) is 1. The third-order valence-corrected chi connectivity index (χ3v) is 4.09. The zero-order chi connectivity index (χ0) is 14.8. The van der Waals surface area contributed by atoms with E-state index in [9.17, 15) is 0 Å². The second-order valence-electron chi connectivity index (χ2n) is 7.07. The quantitative estimate of drug-likeness (QED) is 0.774. The molecule has 0 saturated heterocycles. The van der Waals surface area contributed by atoms with Crippen molar-refractivity contribution in [1.82, 2.24) is 0 Å². The molecule has 1 fully saturated rings. The summed E-state index contributed by atoms with van der Waals surface area (Å²) in [7, 11) is 2.24. The molecule has 2 heteroatoms. The van der Waals surface area contributed by atoms with E-state index in [1.165, 1.54) is 43.4 Å². The number of ether oxygens (including phenoxy) is 1. The van der Waals surface area contributed by atoms with Gasteiger partial charge < -0.3 is 9.64 Å². The third kappa shape index (κ3) is 3.91. The number of anilines is 1. The molecular formula is C18H29NO. The highest BCUT2D eigenvalue weighted by Crippen LogP contribution is 2.31. The molecule has 2 nitrogen and oxygen atoms in total. The van der Waals surface area contributed by atoms with Crippen LogP contribution in [0, 0.1) is 6.92 Å². The van der Waals surface area contributed by atoms with Crippen LogP contribution in [0.25, 0.3) is 0 Å². The Hall–Kier alpha value is -1.18. The minimum atomic E-state index is -0.136. The zero-order valence-electron chi connectivity index (χ0n) is 13.7. The Labute approximate surface area is 124 Å². The summed E-state index contributed by atoms with van der Waals surface area (Å²) < 4.78 is 5.94. The van der Waals surface area contributed by atoms with Crippen LogP contribution in [-0.4, -0.2) is 18.7 Å². The van der Waals surface area contributed by atoms with Crippen LogP contribution in [0.1, 0.15) is 58.4 Å². The summed E-state index contributed by atoms with van der Waals surface area (Å²) >= 11 is 0. The first kappa shape index (κ1) is 15.2. The molecule has 0 aliphatic heterocycles. The van der Waals surface area contributed by atoms with E-state index in [1.807, 2.05) is 0 Å². The van der Waals surface area contributed by atoms with Gasteiger partial charge >= 0.3 is 0 Å². The van der Waals surface area contributed by atoms with Crippen molar-refractivity contribution in [2.45, 2.75) is 71.4 Å². The number of rotatable bonds is 3. The lowest BCUT2D eigenvalue weighted by Gasteiger charge is -2.34. The molecule has 0 radical (unpaired) electrons. The maximum atomic E-state index is 5.94. The minimum absolute atomic E-state index is 0.136. The van der Waals surface area contributed by atoms with Crippen molar-refractivity contribution >= 4 is 5.69 Å². The summed E-state index contributed by atoms with van der Waals surface area (Å²) in [5, 5.41) is 0. The van der Waals surface area contributed by atoms with Gasteiger partial charge in [0.05, 0.1) is 0 Å². The molecule has 0 heterocycles. The summed E-state index contributed by atoms with van der Waals surface area (Å²) in [4.78, 5) is 2.47. The van der Waals surface area contributed by atoms with Gasteiger partial charge in [0.2, 0.25) is 0 Å².